The average Bonchev–Trinajstić information content (AvgIpc) is 3.26. The lowest BCUT2D eigenvalue weighted by atomic mass is 10.2. The molecule has 4 rings (SSSR count). The van der Waals surface area contributed by atoms with Gasteiger partial charge in [-0.05, 0) is 42.5 Å². The molecule has 0 bridgehead atoms. The summed E-state index contributed by atoms with van der Waals surface area (Å²) < 4.78 is 4.20. The van der Waals surface area contributed by atoms with Crippen LogP contribution in [0.5, 0.6) is 0 Å². The van der Waals surface area contributed by atoms with Crippen molar-refractivity contribution in [3.63, 3.8) is 0 Å². The summed E-state index contributed by atoms with van der Waals surface area (Å²) in [5, 5.41) is 9.32. The molecule has 0 fully saturated rings. The van der Waals surface area contributed by atoms with Gasteiger partial charge in [-0.25, -0.2) is 4.68 Å². The second-order valence-corrected chi connectivity index (χ2v) is 7.28. The molecule has 4 aromatic heterocycles. The number of carbonyl (C=O) groups excluding carboxylic acids is 1. The van der Waals surface area contributed by atoms with E-state index < -0.39 is 6.04 Å². The molecule has 8 heteroatoms. The molecule has 4 aromatic rings. The third-order valence-corrected chi connectivity index (χ3v) is 5.45. The first-order valence-corrected chi connectivity index (χ1v) is 9.62. The quantitative estimate of drug-likeness (QED) is 0.576. The fourth-order valence-electron chi connectivity index (χ4n) is 3.29. The van der Waals surface area contributed by atoms with Gasteiger partial charge in [0, 0.05) is 18.9 Å². The maximum atomic E-state index is 13.0. The van der Waals surface area contributed by atoms with Gasteiger partial charge in [-0.3, -0.25) is 19.0 Å². The van der Waals surface area contributed by atoms with E-state index in [9.17, 15) is 9.59 Å². The highest BCUT2D eigenvalue weighted by Gasteiger charge is 2.23. The molecule has 1 atom stereocenters. The minimum Gasteiger partial charge on any atom is -0.350 e. The molecule has 0 radical (unpaired) electrons. The summed E-state index contributed by atoms with van der Waals surface area (Å²) in [5.74, 6) is 0.449. The molecule has 0 aliphatic carbocycles. The van der Waals surface area contributed by atoms with Crippen molar-refractivity contribution in [1.29, 1.82) is 0 Å². The fraction of sp³-hybridized carbons (Fsp3) is 0.263. The normalized spacial score (nSPS) is 12.5. The second kappa shape index (κ2) is 6.96. The van der Waals surface area contributed by atoms with E-state index in [4.69, 9.17) is 0 Å². The van der Waals surface area contributed by atoms with E-state index in [1.165, 1.54) is 4.68 Å². The third kappa shape index (κ3) is 3.02. The van der Waals surface area contributed by atoms with Crippen molar-refractivity contribution in [3.05, 3.63) is 63.8 Å². The molecule has 0 aromatic carbocycles. The Kier molecular flexibility index (Phi) is 4.49. The highest BCUT2D eigenvalue weighted by atomic mass is 32.1. The van der Waals surface area contributed by atoms with Gasteiger partial charge >= 0.3 is 0 Å². The number of pyridine rings is 1. The minimum atomic E-state index is -0.661. The smallest absolute Gasteiger partial charge is 0.291 e. The fourth-order valence-corrected chi connectivity index (χ4v) is 4.09. The van der Waals surface area contributed by atoms with E-state index in [2.05, 4.69) is 15.4 Å². The Hall–Kier alpha value is -3.00. The van der Waals surface area contributed by atoms with Crippen molar-refractivity contribution in [3.8, 4) is 0 Å². The zero-order valence-corrected chi connectivity index (χ0v) is 15.9. The molecule has 0 saturated heterocycles. The number of nitrogens with zero attached hydrogens (tertiary/aromatic N) is 4. The van der Waals surface area contributed by atoms with Gasteiger partial charge in [0.2, 0.25) is 5.91 Å². The molecule has 1 amide bonds. The van der Waals surface area contributed by atoms with Crippen LogP contribution in [0.15, 0.2) is 46.8 Å². The molecule has 7 nitrogen and oxygen atoms in total. The average molecular weight is 381 g/mol. The van der Waals surface area contributed by atoms with Gasteiger partial charge < -0.3 is 5.32 Å². The SMILES string of the molecule is CC[C@@H](C(=O)NCc1cccnc1)n1nc(C)n2c(cc3sccc32)c1=O. The highest BCUT2D eigenvalue weighted by molar-refractivity contribution is 7.17. The predicted molar refractivity (Wildman–Crippen MR) is 105 cm³/mol. The second-order valence-electron chi connectivity index (χ2n) is 6.34. The van der Waals surface area contributed by atoms with Crippen LogP contribution in [-0.2, 0) is 11.3 Å². The standard InChI is InChI=1S/C19H19N5O2S/c1-3-14(18(25)21-11-13-5-4-7-20-10-13)24-19(26)16-9-17-15(6-8-27-17)23(16)12(2)22-24/h4-10,14H,3,11H2,1-2H3,(H,21,25)/t14-/m0/s1. The predicted octanol–water partition coefficient (Wildman–Crippen LogP) is 2.68. The summed E-state index contributed by atoms with van der Waals surface area (Å²) in [5.41, 5.74) is 2.16. The Bertz CT molecular complexity index is 1180. The Labute approximate surface area is 159 Å². The number of hydrogen-bond acceptors (Lipinski definition) is 5. The van der Waals surface area contributed by atoms with E-state index in [0.29, 0.717) is 24.3 Å². The number of hydrogen-bond donors (Lipinski definition) is 1. The number of amides is 1. The number of aromatic nitrogens is 4. The van der Waals surface area contributed by atoms with E-state index in [0.717, 1.165) is 15.8 Å². The molecule has 0 aliphatic rings. The zero-order valence-electron chi connectivity index (χ0n) is 15.0. The Morgan fingerprint density at radius 3 is 2.93 bits per heavy atom. The van der Waals surface area contributed by atoms with Gasteiger partial charge in [-0.15, -0.1) is 11.3 Å². The van der Waals surface area contributed by atoms with Crippen molar-refractivity contribution in [2.75, 3.05) is 0 Å². The molecule has 27 heavy (non-hydrogen) atoms. The van der Waals surface area contributed by atoms with E-state index in [-0.39, 0.29) is 11.5 Å². The van der Waals surface area contributed by atoms with Gasteiger partial charge in [0.15, 0.2) is 0 Å². The van der Waals surface area contributed by atoms with Gasteiger partial charge in [0.05, 0.1) is 10.2 Å². The maximum Gasteiger partial charge on any atom is 0.291 e. The van der Waals surface area contributed by atoms with Crippen LogP contribution in [0.2, 0.25) is 0 Å². The van der Waals surface area contributed by atoms with Crippen LogP contribution in [-0.4, -0.2) is 25.1 Å². The lowest BCUT2D eigenvalue weighted by molar-refractivity contribution is -0.125. The lowest BCUT2D eigenvalue weighted by Gasteiger charge is -2.18. The van der Waals surface area contributed by atoms with Crippen LogP contribution in [0.4, 0.5) is 0 Å². The maximum absolute atomic E-state index is 13.0. The first-order chi connectivity index (χ1) is 13.1. The van der Waals surface area contributed by atoms with Crippen LogP contribution in [0.25, 0.3) is 15.7 Å². The Balaban J connectivity index is 1.69. The van der Waals surface area contributed by atoms with Crippen molar-refractivity contribution in [2.45, 2.75) is 32.9 Å². The van der Waals surface area contributed by atoms with Gasteiger partial charge in [0.1, 0.15) is 17.4 Å². The number of rotatable bonds is 5. The largest absolute Gasteiger partial charge is 0.350 e. The van der Waals surface area contributed by atoms with Crippen molar-refractivity contribution < 1.29 is 4.79 Å². The highest BCUT2D eigenvalue weighted by Crippen LogP contribution is 2.24. The molecule has 0 aliphatic heterocycles. The summed E-state index contributed by atoms with van der Waals surface area (Å²) in [6.45, 7) is 4.08. The molecular formula is C19H19N5O2S. The zero-order chi connectivity index (χ0) is 19.0. The molecule has 0 unspecified atom stereocenters. The van der Waals surface area contributed by atoms with E-state index in [1.807, 2.05) is 47.9 Å². The van der Waals surface area contributed by atoms with Gasteiger partial charge in [-0.1, -0.05) is 13.0 Å². The minimum absolute atomic E-state index is 0.229. The first kappa shape index (κ1) is 17.4. The molecular weight excluding hydrogens is 362 g/mol. The van der Waals surface area contributed by atoms with Crippen molar-refractivity contribution in [2.24, 2.45) is 0 Å². The van der Waals surface area contributed by atoms with E-state index >= 15 is 0 Å². The Morgan fingerprint density at radius 2 is 2.19 bits per heavy atom. The topological polar surface area (TPSA) is 81.3 Å². The summed E-state index contributed by atoms with van der Waals surface area (Å²) in [4.78, 5) is 29.8. The number of nitrogens with one attached hydrogen (secondary N) is 1. The first-order valence-electron chi connectivity index (χ1n) is 8.75. The summed E-state index contributed by atoms with van der Waals surface area (Å²) in [7, 11) is 0. The third-order valence-electron chi connectivity index (χ3n) is 4.60. The van der Waals surface area contributed by atoms with E-state index in [1.54, 1.807) is 23.7 Å². The monoisotopic (exact) mass is 381 g/mol. The van der Waals surface area contributed by atoms with Crippen LogP contribution >= 0.6 is 11.3 Å². The molecule has 138 valence electrons. The van der Waals surface area contributed by atoms with Gasteiger partial charge in [-0.2, -0.15) is 5.10 Å². The molecule has 4 heterocycles. The summed E-state index contributed by atoms with van der Waals surface area (Å²) >= 11 is 1.58. The number of aryl methyl sites for hydroxylation is 1. The van der Waals surface area contributed by atoms with Crippen molar-refractivity contribution in [1.82, 2.24) is 24.5 Å². The van der Waals surface area contributed by atoms with Gasteiger partial charge in [0.25, 0.3) is 5.56 Å². The number of thiophene rings is 1. The van der Waals surface area contributed by atoms with Crippen LogP contribution in [0, 0.1) is 6.92 Å². The van der Waals surface area contributed by atoms with Crippen LogP contribution < -0.4 is 10.9 Å². The van der Waals surface area contributed by atoms with Crippen LogP contribution in [0.3, 0.4) is 0 Å². The number of carbonyl (C=O) groups is 1. The Morgan fingerprint density at radius 1 is 1.33 bits per heavy atom. The molecule has 1 N–H and O–H groups in total. The summed E-state index contributed by atoms with van der Waals surface area (Å²) in [6.07, 6.45) is 3.86. The van der Waals surface area contributed by atoms with Crippen LogP contribution in [0.1, 0.15) is 30.8 Å². The molecule has 0 saturated carbocycles. The van der Waals surface area contributed by atoms with Crippen molar-refractivity contribution >= 4 is 33.0 Å². The number of fused-ring (bicyclic) bond motifs is 3. The summed E-state index contributed by atoms with van der Waals surface area (Å²) in [6, 6.07) is 6.89. The lowest BCUT2D eigenvalue weighted by Crippen LogP contribution is -2.39. The molecule has 0 spiro atoms.